The van der Waals surface area contributed by atoms with Crippen molar-refractivity contribution in [3.63, 3.8) is 0 Å². The summed E-state index contributed by atoms with van der Waals surface area (Å²) in [5.41, 5.74) is 0. The largest absolute Gasteiger partial charge is 0.480 e. The van der Waals surface area contributed by atoms with Crippen molar-refractivity contribution in [2.45, 2.75) is 44.6 Å². The third-order valence-corrected chi connectivity index (χ3v) is 3.19. The molecule has 0 spiro atoms. The van der Waals surface area contributed by atoms with Gasteiger partial charge in [-0.05, 0) is 26.4 Å². The first kappa shape index (κ1) is 11.5. The second-order valence-corrected chi connectivity index (χ2v) is 4.56. The van der Waals surface area contributed by atoms with Gasteiger partial charge in [0.2, 0.25) is 0 Å². The molecule has 82 valence electrons. The highest BCUT2D eigenvalue weighted by Crippen LogP contribution is 2.28. The van der Waals surface area contributed by atoms with Gasteiger partial charge in [0, 0.05) is 0 Å². The highest BCUT2D eigenvalue weighted by atomic mass is 16.4. The maximum absolute atomic E-state index is 11.0. The molecule has 3 nitrogen and oxygen atoms in total. The molecule has 3 heteroatoms. The third kappa shape index (κ3) is 3.29. The Labute approximate surface area is 86.1 Å². The molecule has 0 heterocycles. The molecule has 1 rings (SSSR count). The number of hydrogen-bond acceptors (Lipinski definition) is 2. The van der Waals surface area contributed by atoms with E-state index in [1.54, 1.807) is 0 Å². The number of carboxylic acids is 1. The van der Waals surface area contributed by atoms with Gasteiger partial charge in [0.1, 0.15) is 6.04 Å². The Morgan fingerprint density at radius 3 is 2.36 bits per heavy atom. The lowest BCUT2D eigenvalue weighted by molar-refractivity contribution is -0.143. The van der Waals surface area contributed by atoms with E-state index >= 15 is 0 Å². The maximum Gasteiger partial charge on any atom is 0.320 e. The monoisotopic (exact) mass is 199 g/mol. The molecular formula is C11H21NO2. The first-order valence-corrected chi connectivity index (χ1v) is 5.50. The van der Waals surface area contributed by atoms with Crippen molar-refractivity contribution in [3.05, 3.63) is 0 Å². The molecule has 0 aromatic carbocycles. The molecule has 0 radical (unpaired) electrons. The fourth-order valence-electron chi connectivity index (χ4n) is 2.27. The molecule has 0 bridgehead atoms. The van der Waals surface area contributed by atoms with Crippen molar-refractivity contribution in [2.75, 3.05) is 14.1 Å². The summed E-state index contributed by atoms with van der Waals surface area (Å²) in [5.74, 6) is -0.0483. The van der Waals surface area contributed by atoms with Gasteiger partial charge in [-0.1, -0.05) is 32.1 Å². The molecule has 14 heavy (non-hydrogen) atoms. The van der Waals surface area contributed by atoms with Crippen LogP contribution in [0.1, 0.15) is 38.5 Å². The average molecular weight is 199 g/mol. The number of hydrogen-bond donors (Lipinski definition) is 1. The van der Waals surface area contributed by atoms with Crippen molar-refractivity contribution in [2.24, 2.45) is 5.92 Å². The second-order valence-electron chi connectivity index (χ2n) is 4.56. The Hall–Kier alpha value is -0.570. The number of likely N-dealkylation sites (N-methyl/N-ethyl adjacent to an activating group) is 1. The quantitative estimate of drug-likeness (QED) is 0.752. The Bertz CT molecular complexity index is 186. The van der Waals surface area contributed by atoms with E-state index in [0.29, 0.717) is 5.92 Å². The molecular weight excluding hydrogens is 178 g/mol. The van der Waals surface area contributed by atoms with Gasteiger partial charge in [0.15, 0.2) is 0 Å². The van der Waals surface area contributed by atoms with E-state index < -0.39 is 5.97 Å². The lowest BCUT2D eigenvalue weighted by Gasteiger charge is -2.27. The lowest BCUT2D eigenvalue weighted by atomic mass is 9.84. The summed E-state index contributed by atoms with van der Waals surface area (Å²) >= 11 is 0. The maximum atomic E-state index is 11.0. The zero-order valence-electron chi connectivity index (χ0n) is 9.20. The van der Waals surface area contributed by atoms with Crippen LogP contribution in [0.2, 0.25) is 0 Å². The normalized spacial score (nSPS) is 21.1. The summed E-state index contributed by atoms with van der Waals surface area (Å²) in [6.45, 7) is 0. The van der Waals surface area contributed by atoms with Crippen LogP contribution in [0.25, 0.3) is 0 Å². The Morgan fingerprint density at radius 1 is 1.36 bits per heavy atom. The summed E-state index contributed by atoms with van der Waals surface area (Å²) in [6.07, 6.45) is 7.16. The van der Waals surface area contributed by atoms with Crippen LogP contribution in [0, 0.1) is 5.92 Å². The molecule has 1 saturated carbocycles. The van der Waals surface area contributed by atoms with Crippen molar-refractivity contribution in [3.8, 4) is 0 Å². The molecule has 0 amide bonds. The molecule has 1 fully saturated rings. The summed E-state index contributed by atoms with van der Waals surface area (Å²) in [4.78, 5) is 12.8. The van der Waals surface area contributed by atoms with Gasteiger partial charge in [-0.15, -0.1) is 0 Å². The predicted molar refractivity (Wildman–Crippen MR) is 56.3 cm³/mol. The minimum absolute atomic E-state index is 0.293. The number of rotatable bonds is 4. The zero-order valence-corrected chi connectivity index (χ0v) is 9.20. The van der Waals surface area contributed by atoms with E-state index in [4.69, 9.17) is 5.11 Å². The van der Waals surface area contributed by atoms with Crippen molar-refractivity contribution in [1.29, 1.82) is 0 Å². The van der Waals surface area contributed by atoms with Gasteiger partial charge in [0.25, 0.3) is 0 Å². The van der Waals surface area contributed by atoms with Gasteiger partial charge >= 0.3 is 5.97 Å². The number of nitrogens with zero attached hydrogens (tertiary/aromatic N) is 1. The van der Waals surface area contributed by atoms with Crippen molar-refractivity contribution < 1.29 is 9.90 Å². The number of carbonyl (C=O) groups is 1. The fourth-order valence-corrected chi connectivity index (χ4v) is 2.27. The molecule has 0 saturated heterocycles. The predicted octanol–water partition coefficient (Wildman–Crippen LogP) is 1.97. The van der Waals surface area contributed by atoms with Crippen molar-refractivity contribution in [1.82, 2.24) is 4.90 Å². The molecule has 1 aliphatic rings. The van der Waals surface area contributed by atoms with Gasteiger partial charge in [-0.25, -0.2) is 0 Å². The summed E-state index contributed by atoms with van der Waals surface area (Å²) < 4.78 is 0. The van der Waals surface area contributed by atoms with Gasteiger partial charge < -0.3 is 5.11 Å². The summed E-state index contributed by atoms with van der Waals surface area (Å²) in [6, 6.07) is -0.293. The SMILES string of the molecule is CN(C)C(CC1CCCCC1)C(=O)O. The highest BCUT2D eigenvalue weighted by molar-refractivity contribution is 5.73. The van der Waals surface area contributed by atoms with E-state index in [2.05, 4.69) is 0 Å². The van der Waals surface area contributed by atoms with Crippen LogP contribution in [-0.2, 0) is 4.79 Å². The lowest BCUT2D eigenvalue weighted by Crippen LogP contribution is -2.37. The molecule has 0 aromatic rings. The van der Waals surface area contributed by atoms with Gasteiger partial charge in [-0.3, -0.25) is 9.69 Å². The van der Waals surface area contributed by atoms with E-state index in [0.717, 1.165) is 6.42 Å². The Morgan fingerprint density at radius 2 is 1.93 bits per heavy atom. The summed E-state index contributed by atoms with van der Waals surface area (Å²) in [5, 5.41) is 9.03. The smallest absolute Gasteiger partial charge is 0.320 e. The van der Waals surface area contributed by atoms with Crippen LogP contribution in [0.15, 0.2) is 0 Å². The van der Waals surface area contributed by atoms with Crippen molar-refractivity contribution >= 4 is 5.97 Å². The number of aliphatic carboxylic acids is 1. The minimum atomic E-state index is -0.680. The van der Waals surface area contributed by atoms with Crippen LogP contribution in [0.4, 0.5) is 0 Å². The number of carboxylic acid groups (broad SMARTS) is 1. The van der Waals surface area contributed by atoms with Crippen LogP contribution >= 0.6 is 0 Å². The molecule has 1 aliphatic carbocycles. The topological polar surface area (TPSA) is 40.5 Å². The van der Waals surface area contributed by atoms with Crippen LogP contribution in [-0.4, -0.2) is 36.1 Å². The standard InChI is InChI=1S/C11H21NO2/c1-12(2)10(11(13)14)8-9-6-4-3-5-7-9/h9-10H,3-8H2,1-2H3,(H,13,14). The van der Waals surface area contributed by atoms with E-state index in [1.807, 2.05) is 19.0 Å². The molecule has 0 aromatic heterocycles. The van der Waals surface area contributed by atoms with E-state index in [1.165, 1.54) is 32.1 Å². The first-order chi connectivity index (χ1) is 6.61. The zero-order chi connectivity index (χ0) is 10.6. The van der Waals surface area contributed by atoms with Gasteiger partial charge in [-0.2, -0.15) is 0 Å². The average Bonchev–Trinajstić information content (AvgIpc) is 2.15. The molecule has 1 N–H and O–H groups in total. The fraction of sp³-hybridized carbons (Fsp3) is 0.909. The molecule has 1 atom stereocenters. The Kier molecular flexibility index (Phi) is 4.39. The molecule has 1 unspecified atom stereocenters. The minimum Gasteiger partial charge on any atom is -0.480 e. The van der Waals surface area contributed by atoms with E-state index in [9.17, 15) is 4.79 Å². The van der Waals surface area contributed by atoms with Crippen LogP contribution in [0.3, 0.4) is 0 Å². The Balaban J connectivity index is 2.41. The highest BCUT2D eigenvalue weighted by Gasteiger charge is 2.25. The third-order valence-electron chi connectivity index (χ3n) is 3.19. The summed E-state index contributed by atoms with van der Waals surface area (Å²) in [7, 11) is 3.70. The van der Waals surface area contributed by atoms with Crippen LogP contribution < -0.4 is 0 Å². The first-order valence-electron chi connectivity index (χ1n) is 5.50. The van der Waals surface area contributed by atoms with E-state index in [-0.39, 0.29) is 6.04 Å². The molecule has 0 aliphatic heterocycles. The van der Waals surface area contributed by atoms with Gasteiger partial charge in [0.05, 0.1) is 0 Å². The van der Waals surface area contributed by atoms with Crippen LogP contribution in [0.5, 0.6) is 0 Å². The second kappa shape index (κ2) is 5.35.